The van der Waals surface area contributed by atoms with Crippen LogP contribution in [0.3, 0.4) is 0 Å². The number of terminal acetylenes is 1. The maximum Gasteiger partial charge on any atom is 0.298 e. The number of hydrogen-bond acceptors (Lipinski definition) is 2. The van der Waals surface area contributed by atoms with Crippen molar-refractivity contribution in [3.63, 3.8) is 0 Å². The van der Waals surface area contributed by atoms with E-state index in [9.17, 15) is 4.79 Å². The van der Waals surface area contributed by atoms with Crippen molar-refractivity contribution in [2.24, 2.45) is 7.05 Å². The number of carbonyl (C=O) groups is 1. The summed E-state index contributed by atoms with van der Waals surface area (Å²) in [5, 5.41) is 4.04. The highest BCUT2D eigenvalue weighted by molar-refractivity contribution is 5.93. The van der Waals surface area contributed by atoms with Crippen LogP contribution < -0.4 is 0 Å². The van der Waals surface area contributed by atoms with Crippen LogP contribution in [0.25, 0.3) is 0 Å². The van der Waals surface area contributed by atoms with Crippen LogP contribution in [0.15, 0.2) is 12.4 Å². The van der Waals surface area contributed by atoms with Crippen LogP contribution in [0.1, 0.15) is 19.4 Å². The number of aryl methyl sites for hydroxylation is 1. The van der Waals surface area contributed by atoms with Gasteiger partial charge in [0.1, 0.15) is 0 Å². The summed E-state index contributed by atoms with van der Waals surface area (Å²) in [4.78, 5) is 13.1. The number of aromatic nitrogens is 2. The molecule has 0 unspecified atom stereocenters. The molecule has 0 fully saturated rings. The third kappa shape index (κ3) is 2.84. The molecular formula is C11H15N3O. The molecule has 80 valence electrons. The molecule has 0 aliphatic heterocycles. The Kier molecular flexibility index (Phi) is 3.51. The summed E-state index contributed by atoms with van der Waals surface area (Å²) in [5.41, 5.74) is 0.981. The number of carbonyl (C=O) groups excluding carboxylic acids is 1. The molecule has 0 aliphatic rings. The fraction of sp³-hybridized carbons (Fsp3) is 0.455. The fourth-order valence-electron chi connectivity index (χ4n) is 1.32. The second kappa shape index (κ2) is 4.65. The first kappa shape index (κ1) is 11.3. The van der Waals surface area contributed by atoms with E-state index >= 15 is 0 Å². The lowest BCUT2D eigenvalue weighted by Crippen LogP contribution is -2.35. The predicted octanol–water partition coefficient (Wildman–Crippen LogP) is 0.790. The lowest BCUT2D eigenvalue weighted by Gasteiger charge is -2.23. The van der Waals surface area contributed by atoms with Gasteiger partial charge in [0.15, 0.2) is 0 Å². The Morgan fingerprint density at radius 3 is 2.80 bits per heavy atom. The van der Waals surface area contributed by atoms with Gasteiger partial charge < -0.3 is 4.90 Å². The van der Waals surface area contributed by atoms with Gasteiger partial charge in [0.2, 0.25) is 0 Å². The van der Waals surface area contributed by atoms with Gasteiger partial charge in [0, 0.05) is 31.4 Å². The second-order valence-electron chi connectivity index (χ2n) is 3.69. The van der Waals surface area contributed by atoms with Crippen LogP contribution in [0.5, 0.6) is 0 Å². The van der Waals surface area contributed by atoms with E-state index in [-0.39, 0.29) is 11.9 Å². The summed E-state index contributed by atoms with van der Waals surface area (Å²) in [5.74, 6) is 1.85. The highest BCUT2D eigenvalue weighted by Crippen LogP contribution is 2.07. The van der Waals surface area contributed by atoms with E-state index in [4.69, 9.17) is 6.42 Å². The van der Waals surface area contributed by atoms with Gasteiger partial charge in [-0.25, -0.2) is 0 Å². The summed E-state index contributed by atoms with van der Waals surface area (Å²) >= 11 is 0. The van der Waals surface area contributed by atoms with Gasteiger partial charge in [-0.15, -0.1) is 6.42 Å². The first-order chi connectivity index (χ1) is 7.04. The minimum atomic E-state index is -0.283. The molecule has 1 heterocycles. The van der Waals surface area contributed by atoms with Crippen molar-refractivity contribution in [1.82, 2.24) is 14.7 Å². The number of rotatable bonds is 3. The van der Waals surface area contributed by atoms with E-state index in [2.05, 4.69) is 11.0 Å². The highest BCUT2D eigenvalue weighted by atomic mass is 16.2. The zero-order valence-corrected chi connectivity index (χ0v) is 9.27. The lowest BCUT2D eigenvalue weighted by atomic mass is 10.2. The van der Waals surface area contributed by atoms with E-state index in [0.717, 1.165) is 5.56 Å². The zero-order chi connectivity index (χ0) is 11.4. The molecule has 4 heteroatoms. The largest absolute Gasteiger partial charge is 0.325 e. The van der Waals surface area contributed by atoms with Crippen LogP contribution >= 0.6 is 0 Å². The van der Waals surface area contributed by atoms with Crippen LogP contribution in [0.4, 0.5) is 0 Å². The molecule has 0 bridgehead atoms. The average molecular weight is 205 g/mol. The Morgan fingerprint density at radius 2 is 2.40 bits per heavy atom. The third-order valence-electron chi connectivity index (χ3n) is 2.12. The Hall–Kier alpha value is -1.76. The molecule has 1 aromatic rings. The molecule has 1 rings (SSSR count). The maximum atomic E-state index is 11.4. The van der Waals surface area contributed by atoms with Crippen molar-refractivity contribution < 1.29 is 4.79 Å². The van der Waals surface area contributed by atoms with Crippen molar-refractivity contribution in [3.8, 4) is 12.3 Å². The molecule has 0 saturated heterocycles. The Bertz CT molecular complexity index is 387. The monoisotopic (exact) mass is 205 g/mol. The number of amides is 1. The topological polar surface area (TPSA) is 38.1 Å². The zero-order valence-electron chi connectivity index (χ0n) is 9.27. The van der Waals surface area contributed by atoms with Crippen molar-refractivity contribution in [1.29, 1.82) is 0 Å². The van der Waals surface area contributed by atoms with Crippen molar-refractivity contribution in [2.45, 2.75) is 26.4 Å². The molecule has 0 radical (unpaired) electrons. The number of nitrogens with zero attached hydrogens (tertiary/aromatic N) is 3. The van der Waals surface area contributed by atoms with E-state index < -0.39 is 0 Å². The van der Waals surface area contributed by atoms with Gasteiger partial charge in [-0.2, -0.15) is 5.10 Å². The van der Waals surface area contributed by atoms with Gasteiger partial charge in [-0.3, -0.25) is 9.48 Å². The van der Waals surface area contributed by atoms with Crippen molar-refractivity contribution >= 4 is 5.91 Å². The van der Waals surface area contributed by atoms with Gasteiger partial charge in [0.05, 0.1) is 6.20 Å². The maximum absolute atomic E-state index is 11.4. The number of hydrogen-bond donors (Lipinski definition) is 0. The third-order valence-corrected chi connectivity index (χ3v) is 2.12. The van der Waals surface area contributed by atoms with Gasteiger partial charge >= 0.3 is 0 Å². The Labute approximate surface area is 89.9 Å². The quantitative estimate of drug-likeness (QED) is 0.684. The first-order valence-electron chi connectivity index (χ1n) is 4.79. The van der Waals surface area contributed by atoms with E-state index in [1.807, 2.05) is 27.1 Å². The van der Waals surface area contributed by atoms with E-state index in [1.54, 1.807) is 15.8 Å². The SMILES string of the molecule is C#CC(=O)N(Cc1cnn(C)c1)C(C)C. The Morgan fingerprint density at radius 1 is 1.73 bits per heavy atom. The van der Waals surface area contributed by atoms with Crippen LogP contribution in [0.2, 0.25) is 0 Å². The summed E-state index contributed by atoms with van der Waals surface area (Å²) in [7, 11) is 1.84. The van der Waals surface area contributed by atoms with E-state index in [1.165, 1.54) is 0 Å². The van der Waals surface area contributed by atoms with Gasteiger partial charge in [-0.05, 0) is 19.8 Å². The molecule has 0 spiro atoms. The molecule has 15 heavy (non-hydrogen) atoms. The molecule has 1 aromatic heterocycles. The lowest BCUT2D eigenvalue weighted by molar-refractivity contribution is -0.127. The van der Waals surface area contributed by atoms with Crippen molar-refractivity contribution in [2.75, 3.05) is 0 Å². The smallest absolute Gasteiger partial charge is 0.298 e. The molecule has 1 amide bonds. The van der Waals surface area contributed by atoms with Gasteiger partial charge in [-0.1, -0.05) is 0 Å². The Balaban J connectivity index is 2.76. The minimum Gasteiger partial charge on any atom is -0.325 e. The normalized spacial score (nSPS) is 10.1. The fourth-order valence-corrected chi connectivity index (χ4v) is 1.32. The summed E-state index contributed by atoms with van der Waals surface area (Å²) in [6.07, 6.45) is 8.72. The summed E-state index contributed by atoms with van der Waals surface area (Å²) < 4.78 is 1.70. The van der Waals surface area contributed by atoms with Crippen LogP contribution in [0, 0.1) is 12.3 Å². The first-order valence-corrected chi connectivity index (χ1v) is 4.79. The standard InChI is InChI=1S/C11H15N3O/c1-5-11(15)14(9(2)3)8-10-6-12-13(4)7-10/h1,6-7,9H,8H2,2-4H3. The second-order valence-corrected chi connectivity index (χ2v) is 3.69. The predicted molar refractivity (Wildman–Crippen MR) is 57.7 cm³/mol. The highest BCUT2D eigenvalue weighted by Gasteiger charge is 2.15. The average Bonchev–Trinajstić information content (AvgIpc) is 2.59. The molecule has 0 aromatic carbocycles. The van der Waals surface area contributed by atoms with Crippen molar-refractivity contribution in [3.05, 3.63) is 18.0 Å². The molecule has 4 nitrogen and oxygen atoms in total. The molecular weight excluding hydrogens is 190 g/mol. The minimum absolute atomic E-state index is 0.0914. The van der Waals surface area contributed by atoms with Gasteiger partial charge in [0.25, 0.3) is 5.91 Å². The van der Waals surface area contributed by atoms with Crippen LogP contribution in [-0.2, 0) is 18.4 Å². The molecule has 0 saturated carbocycles. The van der Waals surface area contributed by atoms with E-state index in [0.29, 0.717) is 6.54 Å². The molecule has 0 atom stereocenters. The molecule has 0 aliphatic carbocycles. The van der Waals surface area contributed by atoms with Crippen LogP contribution in [-0.4, -0.2) is 26.6 Å². The summed E-state index contributed by atoms with van der Waals surface area (Å²) in [6, 6.07) is 0.0914. The molecule has 0 N–H and O–H groups in total. The summed E-state index contributed by atoms with van der Waals surface area (Å²) in [6.45, 7) is 4.38.